The van der Waals surface area contributed by atoms with E-state index >= 15 is 0 Å². The van der Waals surface area contributed by atoms with E-state index in [-0.39, 0.29) is 0 Å². The Bertz CT molecular complexity index is 2480. The summed E-state index contributed by atoms with van der Waals surface area (Å²) in [5.41, 5.74) is 3.30. The number of para-hydroxylation sites is 6. The first-order valence-corrected chi connectivity index (χ1v) is 20.9. The molecule has 6 aromatic carbocycles. The summed E-state index contributed by atoms with van der Waals surface area (Å²) in [6.45, 7) is 0. The van der Waals surface area contributed by atoms with E-state index < -0.39 is 22.4 Å². The first kappa shape index (κ1) is 30.6. The Morgan fingerprint density at radius 1 is 0.380 bits per heavy atom. The SMILES string of the molecule is c1ccc(O[P@@]2(n3cnc4ccccc43)=N[P@](Oc3ccccc3)(n3cnc4ccccc43)=NP(c3ccccc3)(c3ccccc3)=N2)cc1. The first-order chi connectivity index (χ1) is 24.7. The van der Waals surface area contributed by atoms with Crippen LogP contribution in [0.25, 0.3) is 22.1 Å². The van der Waals surface area contributed by atoms with Crippen molar-refractivity contribution in [2.75, 3.05) is 0 Å². The van der Waals surface area contributed by atoms with Crippen LogP contribution in [-0.4, -0.2) is 18.6 Å². The van der Waals surface area contributed by atoms with Crippen molar-refractivity contribution in [1.82, 2.24) is 18.6 Å². The number of fused-ring (bicyclic) bond motifs is 2. The molecule has 1 aliphatic heterocycles. The van der Waals surface area contributed by atoms with Crippen molar-refractivity contribution >= 4 is 55.0 Å². The molecule has 0 spiro atoms. The lowest BCUT2D eigenvalue weighted by Crippen LogP contribution is -2.19. The van der Waals surface area contributed by atoms with Gasteiger partial charge in [0.1, 0.15) is 31.4 Å². The molecule has 0 bridgehead atoms. The molecule has 0 aliphatic carbocycles. The maximum atomic E-state index is 7.28. The lowest BCUT2D eigenvalue weighted by Gasteiger charge is -2.36. The molecule has 0 radical (unpaired) electrons. The number of aromatic nitrogens is 4. The molecule has 12 heteroatoms. The zero-order valence-corrected chi connectivity index (χ0v) is 29.3. The van der Waals surface area contributed by atoms with Gasteiger partial charge in [0.2, 0.25) is 0 Å². The maximum Gasteiger partial charge on any atom is 0.366 e. The molecule has 244 valence electrons. The van der Waals surface area contributed by atoms with Crippen LogP contribution in [0, 0.1) is 0 Å². The van der Waals surface area contributed by atoms with E-state index in [0.29, 0.717) is 11.5 Å². The molecule has 9 rings (SSSR count). The van der Waals surface area contributed by atoms with Gasteiger partial charge < -0.3 is 9.05 Å². The second kappa shape index (κ2) is 12.5. The molecule has 2 atom stereocenters. The summed E-state index contributed by atoms with van der Waals surface area (Å²) in [7, 11) is -10.3. The summed E-state index contributed by atoms with van der Waals surface area (Å²) in [6, 6.07) is 56.1. The van der Waals surface area contributed by atoms with Crippen molar-refractivity contribution in [3.05, 3.63) is 183 Å². The zero-order valence-electron chi connectivity index (χ0n) is 26.6. The van der Waals surface area contributed by atoms with Gasteiger partial charge in [0.15, 0.2) is 0 Å². The normalized spacial score (nSPS) is 19.6. The number of hydrogen-bond acceptors (Lipinski definition) is 7. The lowest BCUT2D eigenvalue weighted by atomic mass is 10.3. The molecule has 0 N–H and O–H groups in total. The Kier molecular flexibility index (Phi) is 7.62. The first-order valence-electron chi connectivity index (χ1n) is 16.0. The van der Waals surface area contributed by atoms with Crippen LogP contribution in [0.3, 0.4) is 0 Å². The van der Waals surface area contributed by atoms with Gasteiger partial charge in [0, 0.05) is 10.6 Å². The Labute approximate surface area is 289 Å². The van der Waals surface area contributed by atoms with Crippen molar-refractivity contribution in [3.8, 4) is 11.5 Å². The Hall–Kier alpha value is -5.45. The highest BCUT2D eigenvalue weighted by Gasteiger charge is 2.45. The van der Waals surface area contributed by atoms with E-state index in [1.807, 2.05) is 154 Å². The highest BCUT2D eigenvalue weighted by molar-refractivity contribution is 7.91. The van der Waals surface area contributed by atoms with Crippen LogP contribution < -0.4 is 19.7 Å². The van der Waals surface area contributed by atoms with Crippen molar-refractivity contribution in [2.24, 2.45) is 13.5 Å². The number of rotatable bonds is 8. The van der Waals surface area contributed by atoms with Gasteiger partial charge in [-0.25, -0.2) is 18.6 Å². The molecular formula is C38H30N7O2P3. The monoisotopic (exact) mass is 709 g/mol. The standard InChI is InChI=1S/C38H30N7O2P3/c1-5-17-31(18-6-1)46-49(44-29-39-35-25-13-15-27-37(35)44)41-48(33-21-9-3-10-22-33,34-23-11-4-12-24-34)42-50(43-49,47-32-19-7-2-8-20-32)45-30-40-36-26-14-16-28-38(36)45/h1-30H/t49-,50+. The molecule has 0 amide bonds. The van der Waals surface area contributed by atoms with E-state index in [0.717, 1.165) is 32.7 Å². The van der Waals surface area contributed by atoms with Crippen LogP contribution in [0.5, 0.6) is 11.5 Å². The number of benzene rings is 6. The average molecular weight is 710 g/mol. The third-order valence-corrected chi connectivity index (χ3v) is 18.8. The smallest absolute Gasteiger partial charge is 0.366 e. The Balaban J connectivity index is 1.53. The van der Waals surface area contributed by atoms with Crippen molar-refractivity contribution in [2.45, 2.75) is 0 Å². The third-order valence-electron chi connectivity index (χ3n) is 8.33. The van der Waals surface area contributed by atoms with E-state index in [9.17, 15) is 0 Å². The molecule has 0 saturated heterocycles. The molecule has 9 nitrogen and oxygen atoms in total. The summed E-state index contributed by atoms with van der Waals surface area (Å²) in [4.78, 5) is 9.69. The molecule has 1 aliphatic rings. The molecule has 2 aromatic heterocycles. The van der Waals surface area contributed by atoms with Gasteiger partial charge in [-0.15, -0.1) is 4.52 Å². The molecule has 0 unspecified atom stereocenters. The van der Waals surface area contributed by atoms with Crippen LogP contribution in [0.4, 0.5) is 0 Å². The molecule has 0 saturated carbocycles. The Morgan fingerprint density at radius 2 is 0.760 bits per heavy atom. The van der Waals surface area contributed by atoms with Gasteiger partial charge in [-0.05, 0) is 48.5 Å². The van der Waals surface area contributed by atoms with Crippen LogP contribution in [-0.2, 0) is 0 Å². The van der Waals surface area contributed by atoms with E-state index in [1.54, 1.807) is 12.7 Å². The minimum atomic E-state index is -3.56. The Morgan fingerprint density at radius 3 is 1.22 bits per heavy atom. The minimum Gasteiger partial charge on any atom is -0.426 e. The van der Waals surface area contributed by atoms with Crippen molar-refractivity contribution < 1.29 is 9.05 Å². The maximum absolute atomic E-state index is 7.28. The summed E-state index contributed by atoms with van der Waals surface area (Å²) in [5.74, 6) is 1.25. The van der Waals surface area contributed by atoms with Crippen LogP contribution in [0.1, 0.15) is 0 Å². The number of imidazole rings is 2. The number of nitrogens with zero attached hydrogens (tertiary/aromatic N) is 7. The van der Waals surface area contributed by atoms with Crippen LogP contribution in [0.15, 0.2) is 196 Å². The van der Waals surface area contributed by atoms with Crippen LogP contribution >= 0.6 is 22.4 Å². The fourth-order valence-electron chi connectivity index (χ4n) is 6.06. The summed E-state index contributed by atoms with van der Waals surface area (Å²) >= 11 is 0. The predicted molar refractivity (Wildman–Crippen MR) is 205 cm³/mol. The van der Waals surface area contributed by atoms with Crippen LogP contribution in [0.2, 0.25) is 0 Å². The second-order valence-corrected chi connectivity index (χ2v) is 19.2. The zero-order chi connectivity index (χ0) is 33.4. The number of hydrogen-bond donors (Lipinski definition) is 0. The molecule has 8 aromatic rings. The molecule has 50 heavy (non-hydrogen) atoms. The quantitative estimate of drug-likeness (QED) is 0.147. The summed E-state index contributed by atoms with van der Waals surface area (Å²) < 4.78 is 36.2. The third kappa shape index (κ3) is 5.23. The van der Waals surface area contributed by atoms with Crippen molar-refractivity contribution in [1.29, 1.82) is 0 Å². The van der Waals surface area contributed by atoms with E-state index in [1.165, 1.54) is 0 Å². The summed E-state index contributed by atoms with van der Waals surface area (Å²) in [6.07, 6.45) is 3.60. The molecular weight excluding hydrogens is 679 g/mol. The van der Waals surface area contributed by atoms with Crippen molar-refractivity contribution in [3.63, 3.8) is 0 Å². The highest BCUT2D eigenvalue weighted by Crippen LogP contribution is 2.78. The van der Waals surface area contributed by atoms with E-state index in [2.05, 4.69) is 24.3 Å². The van der Waals surface area contributed by atoms with Gasteiger partial charge in [-0.3, -0.25) is 0 Å². The van der Waals surface area contributed by atoms with E-state index in [4.69, 9.17) is 32.6 Å². The fourth-order valence-corrected chi connectivity index (χ4v) is 18.7. The van der Waals surface area contributed by atoms with Gasteiger partial charge in [-0.1, -0.05) is 121 Å². The largest absolute Gasteiger partial charge is 0.426 e. The molecule has 0 fully saturated rings. The van der Waals surface area contributed by atoms with Gasteiger partial charge in [0.05, 0.1) is 22.1 Å². The molecule has 3 heterocycles. The van der Waals surface area contributed by atoms with Gasteiger partial charge in [-0.2, -0.15) is 9.03 Å². The fraction of sp³-hybridized carbons (Fsp3) is 0. The summed E-state index contributed by atoms with van der Waals surface area (Å²) in [5, 5.41) is 1.91. The van der Waals surface area contributed by atoms with Gasteiger partial charge in [0.25, 0.3) is 0 Å². The lowest BCUT2D eigenvalue weighted by molar-refractivity contribution is 0.581. The minimum absolute atomic E-state index is 0.625. The van der Waals surface area contributed by atoms with Gasteiger partial charge >= 0.3 is 15.2 Å². The second-order valence-electron chi connectivity index (χ2n) is 11.5. The average Bonchev–Trinajstić information content (AvgIpc) is 3.82. The topological polar surface area (TPSA) is 91.2 Å². The highest BCUT2D eigenvalue weighted by atomic mass is 31.3. The predicted octanol–water partition coefficient (Wildman–Crippen LogP) is 10.6.